The number of Topliss-reactive ketones (excluding diaryl/α,β-unsaturated/α-hetero) is 1. The number of nitrogens with one attached hydrogen (secondary N) is 1. The van der Waals surface area contributed by atoms with Crippen LogP contribution in [0, 0.1) is 6.92 Å². The first-order valence-corrected chi connectivity index (χ1v) is 8.77. The molecule has 0 aliphatic heterocycles. The van der Waals surface area contributed by atoms with Crippen molar-refractivity contribution in [1.82, 2.24) is 0 Å². The summed E-state index contributed by atoms with van der Waals surface area (Å²) in [4.78, 5) is 24.4. The summed E-state index contributed by atoms with van der Waals surface area (Å²) in [6.07, 6.45) is 1.44. The molecular weight excluding hydrogens is 362 g/mol. The van der Waals surface area contributed by atoms with Crippen LogP contribution in [0.15, 0.2) is 70.7 Å². The second-order valence-corrected chi connectivity index (χ2v) is 6.51. The summed E-state index contributed by atoms with van der Waals surface area (Å²) in [6.45, 7) is 3.27. The quantitative estimate of drug-likeness (QED) is 0.360. The Morgan fingerprint density at radius 2 is 1.78 bits per heavy atom. The van der Waals surface area contributed by atoms with Crippen molar-refractivity contribution in [2.24, 2.45) is 0 Å². The van der Waals surface area contributed by atoms with Crippen molar-refractivity contribution in [1.29, 1.82) is 0 Å². The molecule has 1 heterocycles. The van der Waals surface area contributed by atoms with Gasteiger partial charge >= 0.3 is 0 Å². The monoisotopic (exact) mass is 379 g/mol. The predicted molar refractivity (Wildman–Crippen MR) is 108 cm³/mol. The number of rotatable bonds is 5. The van der Waals surface area contributed by atoms with E-state index in [-0.39, 0.29) is 11.4 Å². The SMILES string of the molecule is CC(=O)C(=Cc1ccc(-c2ccc(C)c(Cl)c2)o1)C(=O)Nc1ccccc1. The van der Waals surface area contributed by atoms with Gasteiger partial charge in [0, 0.05) is 16.3 Å². The van der Waals surface area contributed by atoms with E-state index in [1.807, 2.05) is 31.2 Å². The Bertz CT molecular complexity index is 1020. The second-order valence-electron chi connectivity index (χ2n) is 6.10. The zero-order chi connectivity index (χ0) is 19.4. The van der Waals surface area contributed by atoms with Gasteiger partial charge in [0.15, 0.2) is 5.78 Å². The molecule has 0 radical (unpaired) electrons. The highest BCUT2D eigenvalue weighted by Crippen LogP contribution is 2.27. The molecule has 3 rings (SSSR count). The lowest BCUT2D eigenvalue weighted by molar-refractivity contribution is -0.118. The van der Waals surface area contributed by atoms with Crippen LogP contribution in [0.2, 0.25) is 5.02 Å². The Kier molecular flexibility index (Phi) is 5.57. The number of para-hydroxylation sites is 1. The van der Waals surface area contributed by atoms with Crippen molar-refractivity contribution >= 4 is 35.1 Å². The van der Waals surface area contributed by atoms with Crippen LogP contribution >= 0.6 is 11.6 Å². The number of halogens is 1. The Morgan fingerprint density at radius 3 is 2.44 bits per heavy atom. The number of furan rings is 1. The average molecular weight is 380 g/mol. The molecular formula is C22H18ClNO3. The molecule has 0 saturated heterocycles. The van der Waals surface area contributed by atoms with Crippen LogP contribution in [0.25, 0.3) is 17.4 Å². The number of amides is 1. The van der Waals surface area contributed by atoms with E-state index in [1.165, 1.54) is 13.0 Å². The van der Waals surface area contributed by atoms with Crippen molar-refractivity contribution in [2.75, 3.05) is 5.32 Å². The summed E-state index contributed by atoms with van der Waals surface area (Å²) in [5.74, 6) is 0.189. The number of ketones is 1. The molecule has 0 aliphatic carbocycles. The summed E-state index contributed by atoms with van der Waals surface area (Å²) < 4.78 is 5.78. The minimum Gasteiger partial charge on any atom is -0.457 e. The molecule has 136 valence electrons. The van der Waals surface area contributed by atoms with Crippen LogP contribution in [-0.4, -0.2) is 11.7 Å². The molecule has 1 aromatic heterocycles. The molecule has 4 nitrogen and oxygen atoms in total. The van der Waals surface area contributed by atoms with Crippen molar-refractivity contribution in [3.63, 3.8) is 0 Å². The Morgan fingerprint density at radius 1 is 1.04 bits per heavy atom. The van der Waals surface area contributed by atoms with E-state index in [9.17, 15) is 9.59 Å². The second kappa shape index (κ2) is 8.06. The molecule has 5 heteroatoms. The molecule has 0 unspecified atom stereocenters. The number of carbonyl (C=O) groups excluding carboxylic acids is 2. The van der Waals surface area contributed by atoms with Crippen LogP contribution in [0.5, 0.6) is 0 Å². The maximum atomic E-state index is 12.5. The zero-order valence-corrected chi connectivity index (χ0v) is 15.7. The highest BCUT2D eigenvalue weighted by molar-refractivity contribution is 6.31. The first-order chi connectivity index (χ1) is 12.9. The van der Waals surface area contributed by atoms with Gasteiger partial charge in [-0.05, 0) is 55.8 Å². The number of carbonyl (C=O) groups is 2. The molecule has 0 bridgehead atoms. The topological polar surface area (TPSA) is 59.3 Å². The molecule has 0 aliphatic rings. The van der Waals surface area contributed by atoms with E-state index >= 15 is 0 Å². The van der Waals surface area contributed by atoms with Gasteiger partial charge in [0.05, 0.1) is 5.57 Å². The number of anilines is 1. The van der Waals surface area contributed by atoms with Gasteiger partial charge in [0.25, 0.3) is 5.91 Å². The van der Waals surface area contributed by atoms with Crippen LogP contribution < -0.4 is 5.32 Å². The maximum Gasteiger partial charge on any atom is 0.259 e. The normalized spacial score (nSPS) is 11.3. The highest BCUT2D eigenvalue weighted by atomic mass is 35.5. The molecule has 2 aromatic carbocycles. The van der Waals surface area contributed by atoms with Crippen molar-refractivity contribution in [3.8, 4) is 11.3 Å². The third kappa shape index (κ3) is 4.54. The molecule has 0 fully saturated rings. The smallest absolute Gasteiger partial charge is 0.259 e. The van der Waals surface area contributed by atoms with Gasteiger partial charge in [0.2, 0.25) is 0 Å². The summed E-state index contributed by atoms with van der Waals surface area (Å²) in [5.41, 5.74) is 2.43. The van der Waals surface area contributed by atoms with Gasteiger partial charge in [-0.1, -0.05) is 41.9 Å². The Balaban J connectivity index is 1.86. The average Bonchev–Trinajstić information content (AvgIpc) is 3.11. The molecule has 0 atom stereocenters. The van der Waals surface area contributed by atoms with Gasteiger partial charge in [-0.15, -0.1) is 0 Å². The molecule has 27 heavy (non-hydrogen) atoms. The third-order valence-corrected chi connectivity index (χ3v) is 4.43. The van der Waals surface area contributed by atoms with E-state index < -0.39 is 5.91 Å². The first kappa shape index (κ1) is 18.7. The molecule has 1 N–H and O–H groups in total. The van der Waals surface area contributed by atoms with E-state index in [0.717, 1.165) is 11.1 Å². The van der Waals surface area contributed by atoms with Crippen molar-refractivity contribution in [3.05, 3.63) is 82.6 Å². The van der Waals surface area contributed by atoms with Gasteiger partial charge < -0.3 is 9.73 Å². The lowest BCUT2D eigenvalue weighted by Gasteiger charge is -2.06. The number of hydrogen-bond acceptors (Lipinski definition) is 3. The van der Waals surface area contributed by atoms with Gasteiger partial charge in [0.1, 0.15) is 11.5 Å². The Hall–Kier alpha value is -3.11. The summed E-state index contributed by atoms with van der Waals surface area (Å²) in [7, 11) is 0. The number of aryl methyl sites for hydroxylation is 1. The van der Waals surface area contributed by atoms with Crippen LogP contribution in [0.1, 0.15) is 18.2 Å². The van der Waals surface area contributed by atoms with Gasteiger partial charge in [-0.25, -0.2) is 0 Å². The third-order valence-electron chi connectivity index (χ3n) is 4.03. The maximum absolute atomic E-state index is 12.5. The summed E-state index contributed by atoms with van der Waals surface area (Å²) in [5, 5.41) is 3.35. The van der Waals surface area contributed by atoms with E-state index in [2.05, 4.69) is 5.32 Å². The number of benzene rings is 2. The number of hydrogen-bond donors (Lipinski definition) is 1. The van der Waals surface area contributed by atoms with E-state index in [4.69, 9.17) is 16.0 Å². The van der Waals surface area contributed by atoms with Gasteiger partial charge in [-0.2, -0.15) is 0 Å². The molecule has 1 amide bonds. The molecule has 0 saturated carbocycles. The van der Waals surface area contributed by atoms with Crippen molar-refractivity contribution < 1.29 is 14.0 Å². The minimum atomic E-state index is -0.481. The fraction of sp³-hybridized carbons (Fsp3) is 0.0909. The lowest BCUT2D eigenvalue weighted by atomic mass is 10.1. The summed E-state index contributed by atoms with van der Waals surface area (Å²) >= 11 is 6.16. The minimum absolute atomic E-state index is 0.0155. The highest BCUT2D eigenvalue weighted by Gasteiger charge is 2.16. The predicted octanol–water partition coefficient (Wildman–Crippen LogP) is 5.52. The van der Waals surface area contributed by atoms with E-state index in [0.29, 0.717) is 22.2 Å². The standard InChI is InChI=1S/C22H18ClNO3/c1-14-8-9-16(12-20(14)23)21-11-10-18(27-21)13-19(15(2)25)22(26)24-17-6-4-3-5-7-17/h3-13H,1-2H3,(H,24,26). The zero-order valence-electron chi connectivity index (χ0n) is 15.0. The van der Waals surface area contributed by atoms with Crippen LogP contribution in [0.3, 0.4) is 0 Å². The lowest BCUT2D eigenvalue weighted by Crippen LogP contribution is -2.18. The van der Waals surface area contributed by atoms with Gasteiger partial charge in [-0.3, -0.25) is 9.59 Å². The van der Waals surface area contributed by atoms with E-state index in [1.54, 1.807) is 36.4 Å². The van der Waals surface area contributed by atoms with Crippen LogP contribution in [0.4, 0.5) is 5.69 Å². The van der Waals surface area contributed by atoms with Crippen LogP contribution in [-0.2, 0) is 9.59 Å². The summed E-state index contributed by atoms with van der Waals surface area (Å²) in [6, 6.07) is 18.1. The fourth-order valence-corrected chi connectivity index (χ4v) is 2.70. The molecule has 3 aromatic rings. The molecule has 0 spiro atoms. The van der Waals surface area contributed by atoms with Crippen molar-refractivity contribution in [2.45, 2.75) is 13.8 Å². The Labute approximate surface area is 162 Å². The fourth-order valence-electron chi connectivity index (χ4n) is 2.52. The largest absolute Gasteiger partial charge is 0.457 e. The first-order valence-electron chi connectivity index (χ1n) is 8.39.